The Hall–Kier alpha value is -1.48. The highest BCUT2D eigenvalue weighted by Crippen LogP contribution is 2.25. The second-order valence-electron chi connectivity index (χ2n) is 5.04. The Morgan fingerprint density at radius 3 is 2.68 bits per heavy atom. The first kappa shape index (κ1) is 13.9. The minimum absolute atomic E-state index is 0.103. The molecule has 2 aromatic rings. The third kappa shape index (κ3) is 4.00. The Bertz CT molecular complexity index is 560. The van der Waals surface area contributed by atoms with Crippen LogP contribution in [0.3, 0.4) is 0 Å². The number of amides is 1. The summed E-state index contributed by atoms with van der Waals surface area (Å²) in [4.78, 5) is 12.8. The molecule has 0 aliphatic carbocycles. The van der Waals surface area contributed by atoms with Gasteiger partial charge in [0, 0.05) is 11.3 Å². The zero-order valence-electron chi connectivity index (χ0n) is 11.3. The van der Waals surface area contributed by atoms with Crippen LogP contribution in [-0.2, 0) is 4.79 Å². The average molecular weight is 273 g/mol. The van der Waals surface area contributed by atoms with E-state index in [-0.39, 0.29) is 5.91 Å². The van der Waals surface area contributed by atoms with Crippen LogP contribution in [0.2, 0.25) is 0 Å². The number of hydrogen-bond donors (Lipinski definition) is 1. The molecule has 2 rings (SSSR count). The van der Waals surface area contributed by atoms with Gasteiger partial charge < -0.3 is 0 Å². The fourth-order valence-electron chi connectivity index (χ4n) is 1.87. The lowest BCUT2D eigenvalue weighted by Crippen LogP contribution is -2.15. The second-order valence-corrected chi connectivity index (χ2v) is 5.89. The molecular weight excluding hydrogens is 254 g/mol. The molecule has 100 valence electrons. The predicted octanol–water partition coefficient (Wildman–Crippen LogP) is 4.40. The molecule has 0 aliphatic rings. The lowest BCUT2D eigenvalue weighted by atomic mass is 10.1. The van der Waals surface area contributed by atoms with E-state index in [1.807, 2.05) is 24.3 Å². The van der Waals surface area contributed by atoms with Crippen molar-refractivity contribution in [1.82, 2.24) is 4.72 Å². The molecule has 1 amide bonds. The van der Waals surface area contributed by atoms with E-state index in [0.717, 1.165) is 11.3 Å². The fraction of sp³-hybridized carbons (Fsp3) is 0.312. The number of nitrogens with one attached hydrogen (secondary N) is 1. The first-order valence-corrected chi connectivity index (χ1v) is 7.42. The van der Waals surface area contributed by atoms with E-state index in [4.69, 9.17) is 0 Å². The van der Waals surface area contributed by atoms with Crippen molar-refractivity contribution in [1.29, 1.82) is 0 Å². The van der Waals surface area contributed by atoms with Crippen LogP contribution in [0.15, 0.2) is 47.4 Å². The number of hydrogen-bond acceptors (Lipinski definition) is 2. The van der Waals surface area contributed by atoms with Gasteiger partial charge in [0.15, 0.2) is 0 Å². The van der Waals surface area contributed by atoms with Crippen LogP contribution in [0.1, 0.15) is 26.7 Å². The Kier molecular flexibility index (Phi) is 4.86. The maximum Gasteiger partial charge on any atom is 0.230 e. The summed E-state index contributed by atoms with van der Waals surface area (Å²) in [6.07, 6.45) is 1.53. The lowest BCUT2D eigenvalue weighted by molar-refractivity contribution is -0.119. The Morgan fingerprint density at radius 2 is 1.89 bits per heavy atom. The van der Waals surface area contributed by atoms with Gasteiger partial charge in [-0.2, -0.15) is 0 Å². The molecule has 0 atom stereocenters. The summed E-state index contributed by atoms with van der Waals surface area (Å²) in [5.41, 5.74) is 0. The summed E-state index contributed by atoms with van der Waals surface area (Å²) in [6.45, 7) is 4.26. The van der Waals surface area contributed by atoms with Crippen molar-refractivity contribution in [2.45, 2.75) is 31.6 Å². The molecule has 0 bridgehead atoms. The third-order valence-corrected chi connectivity index (χ3v) is 3.88. The molecule has 0 saturated carbocycles. The smallest absolute Gasteiger partial charge is 0.230 e. The molecule has 2 aromatic carbocycles. The Labute approximate surface area is 118 Å². The molecule has 0 radical (unpaired) electrons. The van der Waals surface area contributed by atoms with Crippen molar-refractivity contribution in [3.8, 4) is 0 Å². The largest absolute Gasteiger partial charge is 0.296 e. The minimum atomic E-state index is 0.103. The van der Waals surface area contributed by atoms with Crippen LogP contribution in [0.25, 0.3) is 10.8 Å². The predicted molar refractivity (Wildman–Crippen MR) is 82.0 cm³/mol. The molecule has 0 heterocycles. The van der Waals surface area contributed by atoms with Crippen LogP contribution >= 0.6 is 11.9 Å². The van der Waals surface area contributed by atoms with Crippen LogP contribution in [0.5, 0.6) is 0 Å². The van der Waals surface area contributed by atoms with E-state index < -0.39 is 0 Å². The summed E-state index contributed by atoms with van der Waals surface area (Å²) in [6, 6.07) is 14.4. The van der Waals surface area contributed by atoms with Crippen LogP contribution in [0, 0.1) is 5.92 Å². The Morgan fingerprint density at radius 1 is 1.16 bits per heavy atom. The maximum atomic E-state index is 11.7. The molecule has 1 N–H and O–H groups in total. The normalized spacial score (nSPS) is 10.9. The van der Waals surface area contributed by atoms with Crippen molar-refractivity contribution in [3.05, 3.63) is 42.5 Å². The monoisotopic (exact) mass is 273 g/mol. The van der Waals surface area contributed by atoms with E-state index in [1.54, 1.807) is 0 Å². The minimum Gasteiger partial charge on any atom is -0.296 e. The number of carbonyl (C=O) groups is 1. The van der Waals surface area contributed by atoms with Gasteiger partial charge in [0.1, 0.15) is 0 Å². The molecule has 0 spiro atoms. The molecule has 0 aromatic heterocycles. The molecule has 0 saturated heterocycles. The number of rotatable bonds is 5. The van der Waals surface area contributed by atoms with Gasteiger partial charge in [-0.1, -0.05) is 50.2 Å². The summed E-state index contributed by atoms with van der Waals surface area (Å²) < 4.78 is 2.92. The second kappa shape index (κ2) is 6.62. The fourth-order valence-corrected chi connectivity index (χ4v) is 2.64. The van der Waals surface area contributed by atoms with Gasteiger partial charge >= 0.3 is 0 Å². The van der Waals surface area contributed by atoms with E-state index >= 15 is 0 Å². The van der Waals surface area contributed by atoms with Crippen molar-refractivity contribution in [2.75, 3.05) is 0 Å². The van der Waals surface area contributed by atoms with Gasteiger partial charge in [0.2, 0.25) is 5.91 Å². The summed E-state index contributed by atoms with van der Waals surface area (Å²) in [7, 11) is 0. The first-order chi connectivity index (χ1) is 9.16. The van der Waals surface area contributed by atoms with E-state index in [1.165, 1.54) is 22.7 Å². The van der Waals surface area contributed by atoms with Crippen LogP contribution in [-0.4, -0.2) is 5.91 Å². The topological polar surface area (TPSA) is 29.1 Å². The van der Waals surface area contributed by atoms with E-state index in [0.29, 0.717) is 12.3 Å². The zero-order valence-corrected chi connectivity index (χ0v) is 12.2. The number of carbonyl (C=O) groups excluding carboxylic acids is 1. The van der Waals surface area contributed by atoms with Crippen molar-refractivity contribution in [2.24, 2.45) is 5.92 Å². The van der Waals surface area contributed by atoms with Crippen molar-refractivity contribution < 1.29 is 4.79 Å². The standard InChI is InChI=1S/C16H19NOS/c1-12(2)10-11-16(18)17-19-15-9-5-7-13-6-3-4-8-14(13)15/h3-9,12H,10-11H2,1-2H3,(H,17,18). The van der Waals surface area contributed by atoms with E-state index in [2.05, 4.69) is 36.8 Å². The van der Waals surface area contributed by atoms with Crippen LogP contribution in [0.4, 0.5) is 0 Å². The lowest BCUT2D eigenvalue weighted by Gasteiger charge is -2.08. The van der Waals surface area contributed by atoms with Crippen molar-refractivity contribution >= 4 is 28.6 Å². The maximum absolute atomic E-state index is 11.7. The Balaban J connectivity index is 2.00. The van der Waals surface area contributed by atoms with Gasteiger partial charge in [-0.25, -0.2) is 0 Å². The SMILES string of the molecule is CC(C)CCC(=O)NSc1cccc2ccccc12. The summed E-state index contributed by atoms with van der Waals surface area (Å²) in [5, 5.41) is 2.38. The van der Waals surface area contributed by atoms with Gasteiger partial charge in [-0.3, -0.25) is 9.52 Å². The molecule has 0 aliphatic heterocycles. The van der Waals surface area contributed by atoms with Gasteiger partial charge in [0.05, 0.1) is 0 Å². The number of fused-ring (bicyclic) bond motifs is 1. The first-order valence-electron chi connectivity index (χ1n) is 6.60. The average Bonchev–Trinajstić information content (AvgIpc) is 2.42. The van der Waals surface area contributed by atoms with Gasteiger partial charge in [0.25, 0.3) is 0 Å². The van der Waals surface area contributed by atoms with Gasteiger partial charge in [-0.05, 0) is 41.1 Å². The molecule has 0 unspecified atom stereocenters. The molecule has 0 fully saturated rings. The molecule has 19 heavy (non-hydrogen) atoms. The molecule has 3 heteroatoms. The third-order valence-electron chi connectivity index (χ3n) is 2.97. The summed E-state index contributed by atoms with van der Waals surface area (Å²) in [5.74, 6) is 0.667. The van der Waals surface area contributed by atoms with Crippen LogP contribution < -0.4 is 4.72 Å². The number of benzene rings is 2. The van der Waals surface area contributed by atoms with Gasteiger partial charge in [-0.15, -0.1) is 0 Å². The zero-order chi connectivity index (χ0) is 13.7. The molecule has 2 nitrogen and oxygen atoms in total. The highest BCUT2D eigenvalue weighted by Gasteiger charge is 2.05. The molecular formula is C16H19NOS. The van der Waals surface area contributed by atoms with Crippen molar-refractivity contribution in [3.63, 3.8) is 0 Å². The summed E-state index contributed by atoms with van der Waals surface area (Å²) >= 11 is 1.41. The quantitative estimate of drug-likeness (QED) is 0.818. The van der Waals surface area contributed by atoms with E-state index in [9.17, 15) is 4.79 Å². The highest BCUT2D eigenvalue weighted by atomic mass is 32.2. The highest BCUT2D eigenvalue weighted by molar-refractivity contribution is 7.98.